The first-order valence-corrected chi connectivity index (χ1v) is 6.74. The van der Waals surface area contributed by atoms with Crippen molar-refractivity contribution in [1.29, 1.82) is 0 Å². The fourth-order valence-corrected chi connectivity index (χ4v) is 2.06. The van der Waals surface area contributed by atoms with Crippen LogP contribution in [0.25, 0.3) is 0 Å². The lowest BCUT2D eigenvalue weighted by Crippen LogP contribution is -2.37. The van der Waals surface area contributed by atoms with Crippen molar-refractivity contribution in [2.75, 3.05) is 6.54 Å². The average molecular weight is 284 g/mol. The number of nitrogens with zero attached hydrogens (tertiary/aromatic N) is 1. The number of carboxylic acids is 1. The Kier molecular flexibility index (Phi) is 6.14. The molecule has 1 aliphatic heterocycles. The van der Waals surface area contributed by atoms with Gasteiger partial charge in [-0.1, -0.05) is 0 Å². The summed E-state index contributed by atoms with van der Waals surface area (Å²) in [6.45, 7) is 1.91. The number of carbonyl (C=O) groups excluding carboxylic acids is 3. The predicted molar refractivity (Wildman–Crippen MR) is 69.7 cm³/mol. The topological polar surface area (TPSA) is 104 Å². The number of hydrogen-bond acceptors (Lipinski definition) is 4. The molecule has 0 aromatic heterocycles. The third-order valence-electron chi connectivity index (χ3n) is 3.15. The summed E-state index contributed by atoms with van der Waals surface area (Å²) in [6.07, 6.45) is 1.70. The van der Waals surface area contributed by atoms with E-state index < -0.39 is 5.97 Å². The normalized spacial score (nSPS) is 16.4. The van der Waals surface area contributed by atoms with Gasteiger partial charge in [-0.3, -0.25) is 24.1 Å². The Morgan fingerprint density at radius 1 is 1.25 bits per heavy atom. The van der Waals surface area contributed by atoms with Gasteiger partial charge in [0.05, 0.1) is 0 Å². The second-order valence-electron chi connectivity index (χ2n) is 4.94. The minimum Gasteiger partial charge on any atom is -0.481 e. The van der Waals surface area contributed by atoms with E-state index in [1.807, 2.05) is 0 Å². The van der Waals surface area contributed by atoms with Gasteiger partial charge < -0.3 is 10.4 Å². The second-order valence-corrected chi connectivity index (χ2v) is 4.94. The number of imide groups is 1. The van der Waals surface area contributed by atoms with Crippen LogP contribution in [0.5, 0.6) is 0 Å². The third kappa shape index (κ3) is 5.38. The zero-order valence-electron chi connectivity index (χ0n) is 11.6. The molecule has 1 atom stereocenters. The van der Waals surface area contributed by atoms with Crippen LogP contribution in [0.3, 0.4) is 0 Å². The van der Waals surface area contributed by atoms with E-state index in [1.54, 1.807) is 6.92 Å². The van der Waals surface area contributed by atoms with Gasteiger partial charge in [0.25, 0.3) is 0 Å². The summed E-state index contributed by atoms with van der Waals surface area (Å²) in [4.78, 5) is 45.8. The SMILES string of the molecule is CC(CCCC(=O)O)NC(=O)CCN1C(=O)CCC1=O. The largest absolute Gasteiger partial charge is 0.481 e. The van der Waals surface area contributed by atoms with Crippen molar-refractivity contribution in [2.45, 2.75) is 51.5 Å². The van der Waals surface area contributed by atoms with E-state index in [-0.39, 0.29) is 56.0 Å². The zero-order chi connectivity index (χ0) is 15.1. The Hall–Kier alpha value is -1.92. The minimum atomic E-state index is -0.852. The maximum absolute atomic E-state index is 11.6. The molecular formula is C13H20N2O5. The Bertz CT molecular complexity index is 392. The molecule has 0 spiro atoms. The summed E-state index contributed by atoms with van der Waals surface area (Å²) < 4.78 is 0. The van der Waals surface area contributed by atoms with Crippen LogP contribution in [-0.2, 0) is 19.2 Å². The van der Waals surface area contributed by atoms with E-state index in [0.717, 1.165) is 4.90 Å². The van der Waals surface area contributed by atoms with Gasteiger partial charge >= 0.3 is 5.97 Å². The van der Waals surface area contributed by atoms with E-state index >= 15 is 0 Å². The highest BCUT2D eigenvalue weighted by atomic mass is 16.4. The molecule has 0 aliphatic carbocycles. The summed E-state index contributed by atoms with van der Waals surface area (Å²) in [6, 6.07) is -0.119. The highest BCUT2D eigenvalue weighted by molar-refractivity contribution is 6.02. The molecule has 20 heavy (non-hydrogen) atoms. The van der Waals surface area contributed by atoms with E-state index in [4.69, 9.17) is 5.11 Å². The van der Waals surface area contributed by atoms with Gasteiger partial charge in [-0.15, -0.1) is 0 Å². The fraction of sp³-hybridized carbons (Fsp3) is 0.692. The van der Waals surface area contributed by atoms with Crippen molar-refractivity contribution < 1.29 is 24.3 Å². The first-order chi connectivity index (χ1) is 9.40. The molecule has 0 aromatic rings. The zero-order valence-corrected chi connectivity index (χ0v) is 11.6. The average Bonchev–Trinajstić information content (AvgIpc) is 2.66. The van der Waals surface area contributed by atoms with Gasteiger partial charge in [0.15, 0.2) is 0 Å². The van der Waals surface area contributed by atoms with Gasteiger partial charge in [-0.25, -0.2) is 0 Å². The Balaban J connectivity index is 2.21. The first kappa shape index (κ1) is 16.1. The molecule has 1 aliphatic rings. The molecule has 7 heteroatoms. The molecule has 3 amide bonds. The van der Waals surface area contributed by atoms with Crippen molar-refractivity contribution in [3.8, 4) is 0 Å². The minimum absolute atomic E-state index is 0.0803. The first-order valence-electron chi connectivity index (χ1n) is 6.74. The summed E-state index contributed by atoms with van der Waals surface area (Å²) in [7, 11) is 0. The molecular weight excluding hydrogens is 264 g/mol. The highest BCUT2D eigenvalue weighted by Gasteiger charge is 2.28. The summed E-state index contributed by atoms with van der Waals surface area (Å²) in [5.74, 6) is -1.54. The number of nitrogens with one attached hydrogen (secondary N) is 1. The van der Waals surface area contributed by atoms with E-state index in [1.165, 1.54) is 0 Å². The van der Waals surface area contributed by atoms with E-state index in [0.29, 0.717) is 12.8 Å². The highest BCUT2D eigenvalue weighted by Crippen LogP contribution is 2.11. The lowest BCUT2D eigenvalue weighted by atomic mass is 10.1. The van der Waals surface area contributed by atoms with Gasteiger partial charge in [0.1, 0.15) is 0 Å². The third-order valence-corrected chi connectivity index (χ3v) is 3.15. The summed E-state index contributed by atoms with van der Waals surface area (Å²) in [5, 5.41) is 11.2. The van der Waals surface area contributed by atoms with Gasteiger partial charge in [-0.05, 0) is 19.8 Å². The van der Waals surface area contributed by atoms with Gasteiger partial charge in [0, 0.05) is 38.3 Å². The molecule has 112 valence electrons. The fourth-order valence-electron chi connectivity index (χ4n) is 2.06. The van der Waals surface area contributed by atoms with Crippen LogP contribution < -0.4 is 5.32 Å². The molecule has 0 bridgehead atoms. The summed E-state index contributed by atoms with van der Waals surface area (Å²) >= 11 is 0. The Morgan fingerprint density at radius 2 is 1.85 bits per heavy atom. The quantitative estimate of drug-likeness (QED) is 0.623. The molecule has 0 saturated carbocycles. The van der Waals surface area contributed by atoms with Crippen molar-refractivity contribution in [3.05, 3.63) is 0 Å². The molecule has 0 aromatic carbocycles. The van der Waals surface area contributed by atoms with Crippen molar-refractivity contribution in [1.82, 2.24) is 10.2 Å². The monoisotopic (exact) mass is 284 g/mol. The molecule has 1 unspecified atom stereocenters. The van der Waals surface area contributed by atoms with Crippen LogP contribution in [-0.4, -0.2) is 46.3 Å². The van der Waals surface area contributed by atoms with Crippen LogP contribution in [0.4, 0.5) is 0 Å². The molecule has 1 rings (SSSR count). The van der Waals surface area contributed by atoms with E-state index in [2.05, 4.69) is 5.32 Å². The maximum Gasteiger partial charge on any atom is 0.303 e. The van der Waals surface area contributed by atoms with Crippen LogP contribution in [0.1, 0.15) is 45.4 Å². The standard InChI is InChI=1S/C13H20N2O5/c1-9(3-2-4-13(19)20)14-10(16)7-8-15-11(17)5-6-12(15)18/h9H,2-8H2,1H3,(H,14,16)(H,19,20). The maximum atomic E-state index is 11.6. The lowest BCUT2D eigenvalue weighted by molar-refractivity contribution is -0.139. The number of carbonyl (C=O) groups is 4. The van der Waals surface area contributed by atoms with Crippen LogP contribution in [0.15, 0.2) is 0 Å². The Labute approximate surface area is 117 Å². The van der Waals surface area contributed by atoms with Crippen LogP contribution >= 0.6 is 0 Å². The van der Waals surface area contributed by atoms with Crippen molar-refractivity contribution >= 4 is 23.7 Å². The number of amides is 3. The number of carboxylic acid groups (broad SMARTS) is 1. The molecule has 1 saturated heterocycles. The lowest BCUT2D eigenvalue weighted by Gasteiger charge is -2.16. The van der Waals surface area contributed by atoms with E-state index in [9.17, 15) is 19.2 Å². The smallest absolute Gasteiger partial charge is 0.303 e. The molecule has 2 N–H and O–H groups in total. The second kappa shape index (κ2) is 7.62. The van der Waals surface area contributed by atoms with Gasteiger partial charge in [-0.2, -0.15) is 0 Å². The van der Waals surface area contributed by atoms with Crippen molar-refractivity contribution in [2.24, 2.45) is 0 Å². The molecule has 0 radical (unpaired) electrons. The van der Waals surface area contributed by atoms with Crippen LogP contribution in [0.2, 0.25) is 0 Å². The molecule has 7 nitrogen and oxygen atoms in total. The number of hydrogen-bond donors (Lipinski definition) is 2. The Morgan fingerprint density at radius 3 is 2.40 bits per heavy atom. The van der Waals surface area contributed by atoms with Crippen molar-refractivity contribution in [3.63, 3.8) is 0 Å². The predicted octanol–water partition coefficient (Wildman–Crippen LogP) is 0.285. The molecule has 1 heterocycles. The summed E-state index contributed by atoms with van der Waals surface area (Å²) in [5.41, 5.74) is 0. The number of rotatable bonds is 8. The number of aliphatic carboxylic acids is 1. The number of likely N-dealkylation sites (tertiary alicyclic amines) is 1. The van der Waals surface area contributed by atoms with Gasteiger partial charge in [0.2, 0.25) is 17.7 Å². The molecule has 1 fully saturated rings. The van der Waals surface area contributed by atoms with Crippen LogP contribution in [0, 0.1) is 0 Å².